The van der Waals surface area contributed by atoms with E-state index in [0.29, 0.717) is 19.4 Å². The average Bonchev–Trinajstić information content (AvgIpc) is 3.08. The average molecular weight is 370 g/mol. The highest BCUT2D eigenvalue weighted by molar-refractivity contribution is 5.87. The lowest BCUT2D eigenvalue weighted by atomic mass is 9.85. The highest BCUT2D eigenvalue weighted by atomic mass is 16.4. The lowest BCUT2D eigenvalue weighted by Gasteiger charge is -2.37. The molecule has 0 radical (unpaired) electrons. The molecule has 2 aromatic rings. The van der Waals surface area contributed by atoms with Gasteiger partial charge in [-0.1, -0.05) is 12.1 Å². The second kappa shape index (κ2) is 7.61. The van der Waals surface area contributed by atoms with Crippen LogP contribution >= 0.6 is 0 Å². The van der Waals surface area contributed by atoms with Crippen molar-refractivity contribution < 1.29 is 19.5 Å². The monoisotopic (exact) mass is 370 g/mol. The van der Waals surface area contributed by atoms with E-state index in [0.717, 1.165) is 11.1 Å². The number of aryl methyl sites for hydroxylation is 1. The number of piperidine rings is 1. The molecule has 8 nitrogen and oxygen atoms in total. The molecule has 2 heterocycles. The van der Waals surface area contributed by atoms with Crippen molar-refractivity contribution in [2.45, 2.75) is 25.4 Å². The molecule has 8 heteroatoms. The van der Waals surface area contributed by atoms with Crippen LogP contribution in [0, 0.1) is 5.92 Å². The molecular formula is C19H22N4O4. The van der Waals surface area contributed by atoms with Gasteiger partial charge in [0, 0.05) is 38.8 Å². The van der Waals surface area contributed by atoms with Crippen LogP contribution in [0.25, 0.3) is 0 Å². The summed E-state index contributed by atoms with van der Waals surface area (Å²) in [6.45, 7) is 0.298. The van der Waals surface area contributed by atoms with Gasteiger partial charge in [-0.25, -0.2) is 4.79 Å². The molecular weight excluding hydrogens is 348 g/mol. The standard InChI is InChI=1S/C19H22N4O4/c1-22-11-14(10-21-22)17-15(7-8-16(24)23(17)2)18(25)20-9-12-3-5-13(6-4-12)19(26)27/h3-6,10-11,15,17H,7-9H2,1-2H3,(H,20,25)(H,26,27)/t15-,17-/m1/s1. The Morgan fingerprint density at radius 2 is 1.96 bits per heavy atom. The Balaban J connectivity index is 1.71. The SMILES string of the molecule is CN1C(=O)CC[C@@H](C(=O)NCc2ccc(C(=O)O)cc2)[C@H]1c1cnn(C)c1. The number of rotatable bonds is 5. The Bertz CT molecular complexity index is 859. The van der Waals surface area contributed by atoms with Crippen molar-refractivity contribution in [1.82, 2.24) is 20.0 Å². The van der Waals surface area contributed by atoms with Crippen LogP contribution in [0.3, 0.4) is 0 Å². The molecule has 142 valence electrons. The number of nitrogens with zero attached hydrogens (tertiary/aromatic N) is 3. The van der Waals surface area contributed by atoms with Crippen molar-refractivity contribution in [1.29, 1.82) is 0 Å². The van der Waals surface area contributed by atoms with Gasteiger partial charge in [0.05, 0.1) is 23.7 Å². The van der Waals surface area contributed by atoms with Crippen molar-refractivity contribution in [2.75, 3.05) is 7.05 Å². The largest absolute Gasteiger partial charge is 0.478 e. The molecule has 2 atom stereocenters. The van der Waals surface area contributed by atoms with E-state index in [-0.39, 0.29) is 29.3 Å². The minimum absolute atomic E-state index is 0.0113. The topological polar surface area (TPSA) is 105 Å². The number of carboxylic acid groups (broad SMARTS) is 1. The summed E-state index contributed by atoms with van der Waals surface area (Å²) in [5.41, 5.74) is 1.85. The summed E-state index contributed by atoms with van der Waals surface area (Å²) < 4.78 is 1.65. The van der Waals surface area contributed by atoms with E-state index in [9.17, 15) is 14.4 Å². The number of amides is 2. The van der Waals surface area contributed by atoms with Gasteiger partial charge < -0.3 is 15.3 Å². The minimum Gasteiger partial charge on any atom is -0.478 e. The molecule has 1 aromatic heterocycles. The molecule has 1 aromatic carbocycles. The number of likely N-dealkylation sites (tertiary alicyclic amines) is 1. The quantitative estimate of drug-likeness (QED) is 0.827. The summed E-state index contributed by atoms with van der Waals surface area (Å²) in [6.07, 6.45) is 4.32. The highest BCUT2D eigenvalue weighted by Crippen LogP contribution is 2.35. The van der Waals surface area contributed by atoms with Gasteiger partial charge in [0.2, 0.25) is 11.8 Å². The zero-order chi connectivity index (χ0) is 19.6. The van der Waals surface area contributed by atoms with E-state index in [1.54, 1.807) is 42.0 Å². The predicted octanol–water partition coefficient (Wildman–Crippen LogP) is 1.34. The maximum atomic E-state index is 12.8. The highest BCUT2D eigenvalue weighted by Gasteiger charge is 2.39. The smallest absolute Gasteiger partial charge is 0.335 e. The van der Waals surface area contributed by atoms with Gasteiger partial charge in [0.1, 0.15) is 0 Å². The summed E-state index contributed by atoms with van der Waals surface area (Å²) in [5.74, 6) is -1.47. The van der Waals surface area contributed by atoms with Crippen molar-refractivity contribution in [3.63, 3.8) is 0 Å². The van der Waals surface area contributed by atoms with Crippen LogP contribution in [0.2, 0.25) is 0 Å². The third-order valence-corrected chi connectivity index (χ3v) is 4.93. The van der Waals surface area contributed by atoms with Gasteiger partial charge in [-0.15, -0.1) is 0 Å². The molecule has 2 N–H and O–H groups in total. The van der Waals surface area contributed by atoms with Crippen LogP contribution < -0.4 is 5.32 Å². The molecule has 1 saturated heterocycles. The number of aromatic nitrogens is 2. The number of carbonyl (C=O) groups is 3. The van der Waals surface area contributed by atoms with Crippen LogP contribution in [0.1, 0.15) is 40.4 Å². The first-order valence-corrected chi connectivity index (χ1v) is 8.71. The zero-order valence-corrected chi connectivity index (χ0v) is 15.3. The van der Waals surface area contributed by atoms with Gasteiger partial charge in [-0.3, -0.25) is 14.3 Å². The van der Waals surface area contributed by atoms with Crippen LogP contribution in [-0.2, 0) is 23.2 Å². The fourth-order valence-corrected chi connectivity index (χ4v) is 3.45. The van der Waals surface area contributed by atoms with Crippen LogP contribution in [0.15, 0.2) is 36.7 Å². The molecule has 3 rings (SSSR count). The number of hydrogen-bond donors (Lipinski definition) is 2. The van der Waals surface area contributed by atoms with E-state index in [1.165, 1.54) is 12.1 Å². The minimum atomic E-state index is -0.986. The first-order chi connectivity index (χ1) is 12.9. The normalized spacial score (nSPS) is 19.8. The Morgan fingerprint density at radius 3 is 2.56 bits per heavy atom. The Labute approximate surface area is 156 Å². The second-order valence-corrected chi connectivity index (χ2v) is 6.76. The number of carboxylic acids is 1. The fourth-order valence-electron chi connectivity index (χ4n) is 3.45. The first-order valence-electron chi connectivity index (χ1n) is 8.71. The van der Waals surface area contributed by atoms with Gasteiger partial charge in [-0.2, -0.15) is 5.10 Å². The zero-order valence-electron chi connectivity index (χ0n) is 15.3. The molecule has 0 spiro atoms. The Morgan fingerprint density at radius 1 is 1.26 bits per heavy atom. The lowest BCUT2D eigenvalue weighted by molar-refractivity contribution is -0.141. The third-order valence-electron chi connectivity index (χ3n) is 4.93. The number of nitrogens with one attached hydrogen (secondary N) is 1. The molecule has 1 aliphatic rings. The third kappa shape index (κ3) is 3.99. The van der Waals surface area contributed by atoms with Crippen molar-refractivity contribution in [3.05, 3.63) is 53.3 Å². The number of aromatic carboxylic acids is 1. The Kier molecular flexibility index (Phi) is 5.25. The summed E-state index contributed by atoms with van der Waals surface area (Å²) in [4.78, 5) is 37.5. The summed E-state index contributed by atoms with van der Waals surface area (Å²) in [7, 11) is 3.51. The summed E-state index contributed by atoms with van der Waals surface area (Å²) in [6, 6.07) is 6.02. The maximum absolute atomic E-state index is 12.8. The first kappa shape index (κ1) is 18.6. The van der Waals surface area contributed by atoms with Crippen LogP contribution in [-0.4, -0.2) is 44.6 Å². The van der Waals surface area contributed by atoms with Gasteiger partial charge in [0.25, 0.3) is 0 Å². The van der Waals surface area contributed by atoms with Crippen LogP contribution in [0.4, 0.5) is 0 Å². The van der Waals surface area contributed by atoms with Gasteiger partial charge >= 0.3 is 5.97 Å². The van der Waals surface area contributed by atoms with E-state index < -0.39 is 5.97 Å². The van der Waals surface area contributed by atoms with Crippen LogP contribution in [0.5, 0.6) is 0 Å². The van der Waals surface area contributed by atoms with Gasteiger partial charge in [-0.05, 0) is 24.1 Å². The van der Waals surface area contributed by atoms with Crippen molar-refractivity contribution in [3.8, 4) is 0 Å². The molecule has 0 aliphatic carbocycles. The van der Waals surface area contributed by atoms with Crippen molar-refractivity contribution in [2.24, 2.45) is 13.0 Å². The Hall–Kier alpha value is -3.16. The fraction of sp³-hybridized carbons (Fsp3) is 0.368. The summed E-state index contributed by atoms with van der Waals surface area (Å²) in [5, 5.41) is 16.0. The predicted molar refractivity (Wildman–Crippen MR) is 96.7 cm³/mol. The molecule has 27 heavy (non-hydrogen) atoms. The summed E-state index contributed by atoms with van der Waals surface area (Å²) >= 11 is 0. The number of hydrogen-bond acceptors (Lipinski definition) is 4. The number of carbonyl (C=O) groups excluding carboxylic acids is 2. The van der Waals surface area contributed by atoms with E-state index in [2.05, 4.69) is 10.4 Å². The number of benzene rings is 1. The molecule has 0 bridgehead atoms. The molecule has 1 fully saturated rings. The second-order valence-electron chi connectivity index (χ2n) is 6.76. The molecule has 0 saturated carbocycles. The van der Waals surface area contributed by atoms with E-state index >= 15 is 0 Å². The molecule has 2 amide bonds. The van der Waals surface area contributed by atoms with Gasteiger partial charge in [0.15, 0.2) is 0 Å². The van der Waals surface area contributed by atoms with Crippen molar-refractivity contribution >= 4 is 17.8 Å². The molecule has 0 unspecified atom stereocenters. The van der Waals surface area contributed by atoms with E-state index in [4.69, 9.17) is 5.11 Å². The maximum Gasteiger partial charge on any atom is 0.335 e. The van der Waals surface area contributed by atoms with E-state index in [1.807, 2.05) is 6.20 Å². The molecule has 1 aliphatic heterocycles. The lowest BCUT2D eigenvalue weighted by Crippen LogP contribution is -2.46.